The summed E-state index contributed by atoms with van der Waals surface area (Å²) in [6.45, 7) is 0.275. The third kappa shape index (κ3) is 2.55. The number of amides is 1. The van der Waals surface area contributed by atoms with Crippen molar-refractivity contribution in [1.82, 2.24) is 9.55 Å². The molecule has 1 aromatic heterocycles. The summed E-state index contributed by atoms with van der Waals surface area (Å²) in [4.78, 5) is 20.0. The summed E-state index contributed by atoms with van der Waals surface area (Å²) in [6.07, 6.45) is 0. The minimum Gasteiger partial charge on any atom is -0.497 e. The zero-order valence-electron chi connectivity index (χ0n) is 15.4. The van der Waals surface area contributed by atoms with Crippen LogP contribution in [0.2, 0.25) is 0 Å². The first-order chi connectivity index (χ1) is 13.8. The second kappa shape index (κ2) is 6.53. The number of hydrogen-bond acceptors (Lipinski definition) is 3. The second-order valence-electron chi connectivity index (χ2n) is 6.82. The maximum absolute atomic E-state index is 13.3. The molecule has 0 saturated heterocycles. The molecule has 0 saturated carbocycles. The first-order valence-electron chi connectivity index (χ1n) is 9.22. The molecule has 28 heavy (non-hydrogen) atoms. The number of rotatable bonds is 3. The highest BCUT2D eigenvalue weighted by Gasteiger charge is 2.37. The number of para-hydroxylation sites is 3. The smallest absolute Gasteiger partial charge is 0.247 e. The molecule has 0 bridgehead atoms. The van der Waals surface area contributed by atoms with Gasteiger partial charge in [-0.1, -0.05) is 42.5 Å². The van der Waals surface area contributed by atoms with Crippen LogP contribution in [0.1, 0.15) is 17.4 Å². The minimum atomic E-state index is -0.304. The highest BCUT2D eigenvalue weighted by atomic mass is 16.5. The van der Waals surface area contributed by atoms with Gasteiger partial charge >= 0.3 is 0 Å². The average molecular weight is 369 g/mol. The van der Waals surface area contributed by atoms with E-state index in [4.69, 9.17) is 9.72 Å². The van der Waals surface area contributed by atoms with Gasteiger partial charge in [0, 0.05) is 5.69 Å². The summed E-state index contributed by atoms with van der Waals surface area (Å²) < 4.78 is 7.34. The Labute approximate surface area is 162 Å². The fraction of sp³-hybridized carbons (Fsp3) is 0.130. The van der Waals surface area contributed by atoms with E-state index < -0.39 is 0 Å². The number of anilines is 1. The number of ether oxygens (including phenoxy) is 1. The molecule has 0 N–H and O–H groups in total. The van der Waals surface area contributed by atoms with Crippen molar-refractivity contribution in [2.45, 2.75) is 12.6 Å². The van der Waals surface area contributed by atoms with Crippen molar-refractivity contribution in [3.05, 3.63) is 90.3 Å². The highest BCUT2D eigenvalue weighted by molar-refractivity contribution is 5.97. The topological polar surface area (TPSA) is 47.4 Å². The molecule has 1 amide bonds. The Morgan fingerprint density at radius 3 is 2.39 bits per heavy atom. The zero-order chi connectivity index (χ0) is 19.1. The van der Waals surface area contributed by atoms with Crippen LogP contribution in [0, 0.1) is 0 Å². The van der Waals surface area contributed by atoms with Gasteiger partial charge in [-0.15, -0.1) is 0 Å². The minimum absolute atomic E-state index is 0.0441. The van der Waals surface area contributed by atoms with Gasteiger partial charge in [0.05, 0.1) is 18.1 Å². The molecule has 1 aliphatic heterocycles. The molecule has 138 valence electrons. The van der Waals surface area contributed by atoms with Crippen LogP contribution in [0.15, 0.2) is 78.9 Å². The first-order valence-corrected chi connectivity index (χ1v) is 9.22. The second-order valence-corrected chi connectivity index (χ2v) is 6.82. The van der Waals surface area contributed by atoms with Gasteiger partial charge in [-0.3, -0.25) is 9.69 Å². The third-order valence-corrected chi connectivity index (χ3v) is 5.21. The molecule has 5 nitrogen and oxygen atoms in total. The Hall–Kier alpha value is -3.60. The van der Waals surface area contributed by atoms with Crippen LogP contribution in [0.4, 0.5) is 5.69 Å². The Balaban J connectivity index is 1.74. The molecule has 4 aromatic rings. The number of carbonyl (C=O) groups is 1. The van der Waals surface area contributed by atoms with Gasteiger partial charge in [0.25, 0.3) is 0 Å². The van der Waals surface area contributed by atoms with E-state index in [1.807, 2.05) is 88.3 Å². The Kier molecular flexibility index (Phi) is 3.86. The lowest BCUT2D eigenvalue weighted by molar-refractivity contribution is -0.120. The summed E-state index contributed by atoms with van der Waals surface area (Å²) in [7, 11) is 1.65. The van der Waals surface area contributed by atoms with E-state index in [1.165, 1.54) is 0 Å². The van der Waals surface area contributed by atoms with Crippen molar-refractivity contribution >= 4 is 22.6 Å². The van der Waals surface area contributed by atoms with E-state index in [1.54, 1.807) is 7.11 Å². The molecule has 1 aliphatic rings. The van der Waals surface area contributed by atoms with Crippen LogP contribution in [0.25, 0.3) is 11.0 Å². The number of carbonyl (C=O) groups excluding carboxylic acids is 1. The highest BCUT2D eigenvalue weighted by Crippen LogP contribution is 2.38. The van der Waals surface area contributed by atoms with Gasteiger partial charge < -0.3 is 9.30 Å². The quantitative estimate of drug-likeness (QED) is 0.544. The Bertz CT molecular complexity index is 1150. The lowest BCUT2D eigenvalue weighted by atomic mass is 10.0. The van der Waals surface area contributed by atoms with E-state index in [0.717, 1.165) is 33.9 Å². The van der Waals surface area contributed by atoms with Gasteiger partial charge in [-0.05, 0) is 42.0 Å². The summed E-state index contributed by atoms with van der Waals surface area (Å²) >= 11 is 0. The SMILES string of the molecule is COc1ccc(C2c3nc4ccccc4n3CC(=O)N2c2ccccc2)cc1. The maximum Gasteiger partial charge on any atom is 0.247 e. The Morgan fingerprint density at radius 1 is 0.929 bits per heavy atom. The summed E-state index contributed by atoms with van der Waals surface area (Å²) in [5, 5.41) is 0. The third-order valence-electron chi connectivity index (χ3n) is 5.21. The van der Waals surface area contributed by atoms with E-state index in [9.17, 15) is 4.79 Å². The first kappa shape index (κ1) is 16.6. The van der Waals surface area contributed by atoms with Crippen molar-refractivity contribution in [2.75, 3.05) is 12.0 Å². The standard InChI is InChI=1S/C23H19N3O2/c1-28-18-13-11-16(12-14-18)22-23-24-19-9-5-6-10-20(19)25(23)15-21(27)26(22)17-7-3-2-4-8-17/h2-14,22H,15H2,1H3. The van der Waals surface area contributed by atoms with Crippen LogP contribution in [-0.4, -0.2) is 22.6 Å². The largest absolute Gasteiger partial charge is 0.497 e. The molecule has 5 rings (SSSR count). The zero-order valence-corrected chi connectivity index (χ0v) is 15.4. The molecule has 0 fully saturated rings. The molecule has 0 spiro atoms. The van der Waals surface area contributed by atoms with Gasteiger partial charge in [0.1, 0.15) is 24.2 Å². The fourth-order valence-corrected chi connectivity index (χ4v) is 3.91. The van der Waals surface area contributed by atoms with Gasteiger partial charge in [0.2, 0.25) is 5.91 Å². The summed E-state index contributed by atoms with van der Waals surface area (Å²) in [6, 6.07) is 25.3. The molecule has 0 radical (unpaired) electrons. The van der Waals surface area contributed by atoms with Crippen LogP contribution < -0.4 is 9.64 Å². The molecule has 1 unspecified atom stereocenters. The molecular weight excluding hydrogens is 350 g/mol. The van der Waals surface area contributed by atoms with Gasteiger partial charge in [-0.25, -0.2) is 4.98 Å². The summed E-state index contributed by atoms with van der Waals surface area (Å²) in [5.74, 6) is 1.70. The average Bonchev–Trinajstić information content (AvgIpc) is 3.12. The number of aromatic nitrogens is 2. The number of hydrogen-bond donors (Lipinski definition) is 0. The lowest BCUT2D eigenvalue weighted by Gasteiger charge is -2.36. The fourth-order valence-electron chi connectivity index (χ4n) is 3.91. The Morgan fingerprint density at radius 2 is 1.64 bits per heavy atom. The number of nitrogens with zero attached hydrogens (tertiary/aromatic N) is 3. The van der Waals surface area contributed by atoms with E-state index >= 15 is 0 Å². The van der Waals surface area contributed by atoms with Crippen molar-refractivity contribution < 1.29 is 9.53 Å². The number of imidazole rings is 1. The predicted octanol–water partition coefficient (Wildman–Crippen LogP) is 4.18. The van der Waals surface area contributed by atoms with Crippen LogP contribution in [-0.2, 0) is 11.3 Å². The van der Waals surface area contributed by atoms with Crippen molar-refractivity contribution in [2.24, 2.45) is 0 Å². The van der Waals surface area contributed by atoms with Crippen LogP contribution in [0.3, 0.4) is 0 Å². The van der Waals surface area contributed by atoms with Crippen molar-refractivity contribution in [1.29, 1.82) is 0 Å². The molecule has 1 atom stereocenters. The molecule has 2 heterocycles. The van der Waals surface area contributed by atoms with Crippen molar-refractivity contribution in [3.63, 3.8) is 0 Å². The predicted molar refractivity (Wildman–Crippen MR) is 108 cm³/mol. The van der Waals surface area contributed by atoms with E-state index in [0.29, 0.717) is 0 Å². The normalized spacial score (nSPS) is 16.2. The van der Waals surface area contributed by atoms with Crippen LogP contribution >= 0.6 is 0 Å². The number of methoxy groups -OCH3 is 1. The molecule has 5 heteroatoms. The number of fused-ring (bicyclic) bond motifs is 3. The number of benzene rings is 3. The van der Waals surface area contributed by atoms with E-state index in [2.05, 4.69) is 0 Å². The molecule has 3 aromatic carbocycles. The maximum atomic E-state index is 13.3. The molecular formula is C23H19N3O2. The molecule has 0 aliphatic carbocycles. The van der Waals surface area contributed by atoms with E-state index in [-0.39, 0.29) is 18.5 Å². The monoisotopic (exact) mass is 369 g/mol. The summed E-state index contributed by atoms with van der Waals surface area (Å²) in [5.41, 5.74) is 3.75. The lowest BCUT2D eigenvalue weighted by Crippen LogP contribution is -2.43. The van der Waals surface area contributed by atoms with Gasteiger partial charge in [-0.2, -0.15) is 0 Å². The van der Waals surface area contributed by atoms with Gasteiger partial charge in [0.15, 0.2) is 0 Å². The van der Waals surface area contributed by atoms with Crippen LogP contribution in [0.5, 0.6) is 5.75 Å². The van der Waals surface area contributed by atoms with Crippen molar-refractivity contribution in [3.8, 4) is 5.75 Å².